The van der Waals surface area contributed by atoms with Crippen LogP contribution in [-0.4, -0.2) is 9.97 Å². The molecule has 0 spiro atoms. The van der Waals surface area contributed by atoms with Gasteiger partial charge in [-0.1, -0.05) is 37.6 Å². The molecule has 0 saturated heterocycles. The van der Waals surface area contributed by atoms with Gasteiger partial charge in [-0.05, 0) is 31.2 Å². The van der Waals surface area contributed by atoms with Gasteiger partial charge in [-0.25, -0.2) is 9.97 Å². The highest BCUT2D eigenvalue weighted by atomic mass is 14.9. The molecule has 1 aliphatic carbocycles. The minimum atomic E-state index is 0.101. The van der Waals surface area contributed by atoms with Gasteiger partial charge >= 0.3 is 0 Å². The molecule has 2 N–H and O–H groups in total. The molecule has 104 valence electrons. The smallest absolute Gasteiger partial charge is 0.159 e. The minimum absolute atomic E-state index is 0.101. The van der Waals surface area contributed by atoms with Gasteiger partial charge in [0, 0.05) is 29.1 Å². The minimum Gasteiger partial charge on any atom is -0.324 e. The van der Waals surface area contributed by atoms with Crippen LogP contribution in [0.25, 0.3) is 11.4 Å². The summed E-state index contributed by atoms with van der Waals surface area (Å²) < 4.78 is 0. The molecule has 1 unspecified atom stereocenters. The van der Waals surface area contributed by atoms with E-state index in [-0.39, 0.29) is 6.04 Å². The Kier molecular flexibility index (Phi) is 3.79. The summed E-state index contributed by atoms with van der Waals surface area (Å²) >= 11 is 0. The highest BCUT2D eigenvalue weighted by Gasteiger charge is 2.17. The van der Waals surface area contributed by atoms with Gasteiger partial charge < -0.3 is 5.73 Å². The monoisotopic (exact) mass is 267 g/mol. The lowest BCUT2D eigenvalue weighted by Crippen LogP contribution is -2.12. The summed E-state index contributed by atoms with van der Waals surface area (Å²) in [4.78, 5) is 9.28. The molecule has 3 rings (SSSR count). The Hall–Kier alpha value is -1.74. The van der Waals surface area contributed by atoms with Crippen LogP contribution in [0.4, 0.5) is 0 Å². The van der Waals surface area contributed by atoms with Crippen molar-refractivity contribution in [2.75, 3.05) is 0 Å². The summed E-state index contributed by atoms with van der Waals surface area (Å²) in [5.41, 5.74) is 10.9. The van der Waals surface area contributed by atoms with Crippen molar-refractivity contribution in [3.05, 3.63) is 47.3 Å². The molecular formula is C17H21N3. The lowest BCUT2D eigenvalue weighted by atomic mass is 10.1. The fourth-order valence-corrected chi connectivity index (χ4v) is 2.78. The third kappa shape index (κ3) is 2.59. The van der Waals surface area contributed by atoms with E-state index in [1.807, 2.05) is 6.20 Å². The zero-order valence-electron chi connectivity index (χ0n) is 12.0. The Balaban J connectivity index is 1.96. The van der Waals surface area contributed by atoms with E-state index in [9.17, 15) is 0 Å². The largest absolute Gasteiger partial charge is 0.324 e. The molecular weight excluding hydrogens is 246 g/mol. The molecule has 2 aromatic rings. The summed E-state index contributed by atoms with van der Waals surface area (Å²) in [6.45, 7) is 2.16. The van der Waals surface area contributed by atoms with E-state index in [0.29, 0.717) is 0 Å². The highest BCUT2D eigenvalue weighted by molar-refractivity contribution is 5.55. The van der Waals surface area contributed by atoms with Crippen molar-refractivity contribution in [3.8, 4) is 11.4 Å². The van der Waals surface area contributed by atoms with Crippen molar-refractivity contribution in [1.82, 2.24) is 9.97 Å². The van der Waals surface area contributed by atoms with Gasteiger partial charge in [-0.2, -0.15) is 0 Å². The lowest BCUT2D eigenvalue weighted by Gasteiger charge is -2.12. The third-order valence-electron chi connectivity index (χ3n) is 4.10. The number of rotatable bonds is 2. The second kappa shape index (κ2) is 5.71. The van der Waals surface area contributed by atoms with Crippen LogP contribution in [0.5, 0.6) is 0 Å². The summed E-state index contributed by atoms with van der Waals surface area (Å²) in [5.74, 6) is 0.820. The molecule has 1 aliphatic rings. The van der Waals surface area contributed by atoms with Crippen molar-refractivity contribution in [2.45, 2.75) is 45.1 Å². The van der Waals surface area contributed by atoms with Crippen molar-refractivity contribution in [2.24, 2.45) is 5.73 Å². The first-order valence-corrected chi connectivity index (χ1v) is 7.48. The van der Waals surface area contributed by atoms with Crippen LogP contribution < -0.4 is 5.73 Å². The first kappa shape index (κ1) is 13.3. The first-order valence-electron chi connectivity index (χ1n) is 7.48. The van der Waals surface area contributed by atoms with Crippen LogP contribution in [0, 0.1) is 0 Å². The van der Waals surface area contributed by atoms with Crippen LogP contribution in [0.3, 0.4) is 0 Å². The number of fused-ring (bicyclic) bond motifs is 1. The normalized spacial score (nSPS) is 18.4. The summed E-state index contributed by atoms with van der Waals surface area (Å²) in [5, 5.41) is 0. The standard InChI is InChI=1S/C17H21N3/c1-2-12-7-9-13(10-8-12)17-19-11-14-15(18)5-3-4-6-16(14)20-17/h7-11,15H,2-6,18H2,1H3. The van der Waals surface area contributed by atoms with Gasteiger partial charge in [0.05, 0.1) is 0 Å². The number of benzene rings is 1. The predicted octanol–water partition coefficient (Wildman–Crippen LogP) is 3.43. The van der Waals surface area contributed by atoms with Crippen molar-refractivity contribution >= 4 is 0 Å². The van der Waals surface area contributed by atoms with Gasteiger partial charge in [0.1, 0.15) is 0 Å². The Bertz CT molecular complexity index is 590. The fraction of sp³-hybridized carbons (Fsp3) is 0.412. The van der Waals surface area contributed by atoms with Crippen molar-refractivity contribution in [1.29, 1.82) is 0 Å². The number of aryl methyl sites for hydroxylation is 2. The maximum absolute atomic E-state index is 6.19. The third-order valence-corrected chi connectivity index (χ3v) is 4.10. The molecule has 3 nitrogen and oxygen atoms in total. The van der Waals surface area contributed by atoms with Crippen LogP contribution in [0.15, 0.2) is 30.5 Å². The number of hydrogen-bond donors (Lipinski definition) is 1. The molecule has 0 amide bonds. The lowest BCUT2D eigenvalue weighted by molar-refractivity contribution is 0.614. The molecule has 1 aromatic carbocycles. The number of nitrogens with two attached hydrogens (primary N) is 1. The van der Waals surface area contributed by atoms with Crippen molar-refractivity contribution < 1.29 is 0 Å². The molecule has 0 saturated carbocycles. The van der Waals surface area contributed by atoms with Crippen LogP contribution in [-0.2, 0) is 12.8 Å². The zero-order chi connectivity index (χ0) is 13.9. The van der Waals surface area contributed by atoms with E-state index >= 15 is 0 Å². The number of aromatic nitrogens is 2. The van der Waals surface area contributed by atoms with Crippen LogP contribution in [0.2, 0.25) is 0 Å². The zero-order valence-corrected chi connectivity index (χ0v) is 12.0. The van der Waals surface area contributed by atoms with Gasteiger partial charge in [0.25, 0.3) is 0 Å². The predicted molar refractivity (Wildman–Crippen MR) is 81.3 cm³/mol. The Morgan fingerprint density at radius 2 is 2.00 bits per heavy atom. The second-order valence-corrected chi connectivity index (χ2v) is 5.50. The molecule has 0 radical (unpaired) electrons. The molecule has 0 bridgehead atoms. The summed E-state index contributed by atoms with van der Waals surface area (Å²) in [6.07, 6.45) is 7.40. The molecule has 0 aliphatic heterocycles. The first-order chi connectivity index (χ1) is 9.78. The SMILES string of the molecule is CCc1ccc(-c2ncc3c(n2)CCCCC3N)cc1. The maximum Gasteiger partial charge on any atom is 0.159 e. The Morgan fingerprint density at radius 1 is 1.20 bits per heavy atom. The highest BCUT2D eigenvalue weighted by Crippen LogP contribution is 2.27. The van der Waals surface area contributed by atoms with Gasteiger partial charge in [0.15, 0.2) is 5.82 Å². The molecule has 1 atom stereocenters. The van der Waals surface area contributed by atoms with E-state index in [4.69, 9.17) is 10.7 Å². The van der Waals surface area contributed by atoms with E-state index in [0.717, 1.165) is 41.9 Å². The molecule has 1 aromatic heterocycles. The van der Waals surface area contributed by atoms with Crippen LogP contribution >= 0.6 is 0 Å². The summed E-state index contributed by atoms with van der Waals surface area (Å²) in [6, 6.07) is 8.62. The molecule has 0 fully saturated rings. The van der Waals surface area contributed by atoms with Gasteiger partial charge in [-0.15, -0.1) is 0 Å². The Labute approximate surface area is 120 Å². The summed E-state index contributed by atoms with van der Waals surface area (Å²) in [7, 11) is 0. The topological polar surface area (TPSA) is 51.8 Å². The molecule has 1 heterocycles. The van der Waals surface area contributed by atoms with E-state index in [2.05, 4.69) is 36.2 Å². The second-order valence-electron chi connectivity index (χ2n) is 5.50. The average molecular weight is 267 g/mol. The van der Waals surface area contributed by atoms with Crippen molar-refractivity contribution in [3.63, 3.8) is 0 Å². The van der Waals surface area contributed by atoms with Gasteiger partial charge in [0.2, 0.25) is 0 Å². The maximum atomic E-state index is 6.19. The van der Waals surface area contributed by atoms with E-state index in [1.165, 1.54) is 18.4 Å². The van der Waals surface area contributed by atoms with Gasteiger partial charge in [-0.3, -0.25) is 0 Å². The molecule has 3 heteroatoms. The number of hydrogen-bond acceptors (Lipinski definition) is 3. The van der Waals surface area contributed by atoms with E-state index in [1.54, 1.807) is 0 Å². The van der Waals surface area contributed by atoms with Crippen LogP contribution in [0.1, 0.15) is 49.0 Å². The number of nitrogens with zero attached hydrogens (tertiary/aromatic N) is 2. The average Bonchev–Trinajstić information content (AvgIpc) is 2.69. The quantitative estimate of drug-likeness (QED) is 0.848. The van der Waals surface area contributed by atoms with E-state index < -0.39 is 0 Å². The Morgan fingerprint density at radius 3 is 2.75 bits per heavy atom. The fourth-order valence-electron chi connectivity index (χ4n) is 2.78. The molecule has 20 heavy (non-hydrogen) atoms.